The van der Waals surface area contributed by atoms with Gasteiger partial charge in [0.25, 0.3) is 5.91 Å². The molecular formula is C11H13IN2O2. The van der Waals surface area contributed by atoms with Crippen molar-refractivity contribution in [2.45, 2.75) is 6.42 Å². The highest BCUT2D eigenvalue weighted by Gasteiger charge is 2.26. The molecule has 1 fully saturated rings. The quantitative estimate of drug-likeness (QED) is 0.827. The number of hydrogen-bond acceptors (Lipinski definition) is 3. The molecule has 0 spiro atoms. The molecule has 0 saturated carbocycles. The van der Waals surface area contributed by atoms with E-state index < -0.39 is 0 Å². The van der Waals surface area contributed by atoms with Crippen LogP contribution in [0.25, 0.3) is 0 Å². The van der Waals surface area contributed by atoms with Crippen molar-refractivity contribution in [1.82, 2.24) is 9.88 Å². The second-order valence-corrected chi connectivity index (χ2v) is 5.23. The molecule has 1 saturated heterocycles. The third-order valence-electron chi connectivity index (χ3n) is 2.78. The molecule has 0 bridgehead atoms. The van der Waals surface area contributed by atoms with Crippen LogP contribution in [0.5, 0.6) is 0 Å². The van der Waals surface area contributed by atoms with Gasteiger partial charge in [-0.2, -0.15) is 0 Å². The number of halogens is 1. The fraction of sp³-hybridized carbons (Fsp3) is 0.455. The Morgan fingerprint density at radius 2 is 2.44 bits per heavy atom. The molecule has 1 atom stereocenters. The summed E-state index contributed by atoms with van der Waals surface area (Å²) in [5.41, 5.74) is 0.630. The van der Waals surface area contributed by atoms with Crippen LogP contribution in [-0.4, -0.2) is 40.6 Å². The van der Waals surface area contributed by atoms with Gasteiger partial charge in [0.1, 0.15) is 0 Å². The summed E-state index contributed by atoms with van der Waals surface area (Å²) in [7, 11) is 0. The van der Waals surface area contributed by atoms with E-state index in [4.69, 9.17) is 5.11 Å². The van der Waals surface area contributed by atoms with Crippen LogP contribution in [-0.2, 0) is 0 Å². The van der Waals surface area contributed by atoms with Gasteiger partial charge in [-0.15, -0.1) is 0 Å². The van der Waals surface area contributed by atoms with E-state index in [2.05, 4.69) is 27.6 Å². The predicted octanol–water partition coefficient (Wildman–Crippen LogP) is 1.14. The molecule has 1 aliphatic rings. The summed E-state index contributed by atoms with van der Waals surface area (Å²) in [6.07, 6.45) is 4.20. The van der Waals surface area contributed by atoms with Crippen molar-refractivity contribution >= 4 is 28.5 Å². The third-order valence-corrected chi connectivity index (χ3v) is 3.37. The van der Waals surface area contributed by atoms with Crippen LogP contribution < -0.4 is 0 Å². The van der Waals surface area contributed by atoms with Gasteiger partial charge in [0, 0.05) is 41.6 Å². The number of nitrogens with zero attached hydrogens (tertiary/aromatic N) is 2. The van der Waals surface area contributed by atoms with Gasteiger partial charge in [-0.25, -0.2) is 0 Å². The maximum absolute atomic E-state index is 12.1. The lowest BCUT2D eigenvalue weighted by atomic mass is 10.1. The van der Waals surface area contributed by atoms with Crippen LogP contribution in [0.15, 0.2) is 18.5 Å². The van der Waals surface area contributed by atoms with E-state index in [0.29, 0.717) is 12.1 Å². The van der Waals surface area contributed by atoms with Crippen LogP contribution in [0, 0.1) is 9.49 Å². The normalized spacial score (nSPS) is 20.1. The van der Waals surface area contributed by atoms with Crippen LogP contribution in [0.2, 0.25) is 0 Å². The van der Waals surface area contributed by atoms with Crippen LogP contribution in [0.1, 0.15) is 16.8 Å². The highest BCUT2D eigenvalue weighted by Crippen LogP contribution is 2.18. The highest BCUT2D eigenvalue weighted by atomic mass is 127. The minimum absolute atomic E-state index is 0.0157. The molecule has 1 aromatic rings. The number of rotatable bonds is 2. The van der Waals surface area contributed by atoms with E-state index in [1.165, 1.54) is 0 Å². The second-order valence-electron chi connectivity index (χ2n) is 3.98. The number of aliphatic hydroxyl groups is 1. The number of carbonyl (C=O) groups is 1. The minimum atomic E-state index is 0.0157. The summed E-state index contributed by atoms with van der Waals surface area (Å²) >= 11 is 2.14. The zero-order valence-electron chi connectivity index (χ0n) is 8.77. The van der Waals surface area contributed by atoms with Crippen LogP contribution >= 0.6 is 22.6 Å². The first-order valence-corrected chi connectivity index (χ1v) is 6.29. The van der Waals surface area contributed by atoms with E-state index in [9.17, 15) is 4.79 Å². The van der Waals surface area contributed by atoms with E-state index in [0.717, 1.165) is 16.5 Å². The van der Waals surface area contributed by atoms with E-state index in [1.54, 1.807) is 17.3 Å². The standard InChI is InChI=1S/C11H13IN2O2/c12-10-3-9(4-13-5-10)11(16)14-2-1-8(6-14)7-15/h3-5,8,15H,1-2,6-7H2. The van der Waals surface area contributed by atoms with E-state index in [1.807, 2.05) is 6.07 Å². The second kappa shape index (κ2) is 5.09. The molecule has 1 amide bonds. The molecule has 1 unspecified atom stereocenters. The number of aromatic nitrogens is 1. The SMILES string of the molecule is O=C(c1cncc(I)c1)N1CCC(CO)C1. The van der Waals surface area contributed by atoms with E-state index in [-0.39, 0.29) is 18.4 Å². The molecular weight excluding hydrogens is 319 g/mol. The predicted molar refractivity (Wildman–Crippen MR) is 68.1 cm³/mol. The molecule has 5 heteroatoms. The average molecular weight is 332 g/mol. The number of likely N-dealkylation sites (tertiary alicyclic amines) is 1. The Bertz CT molecular complexity index is 397. The fourth-order valence-electron chi connectivity index (χ4n) is 1.88. The Labute approximate surface area is 108 Å². The zero-order chi connectivity index (χ0) is 11.5. The summed E-state index contributed by atoms with van der Waals surface area (Å²) in [5.74, 6) is 0.252. The summed E-state index contributed by atoms with van der Waals surface area (Å²) in [4.78, 5) is 17.9. The number of carbonyl (C=O) groups excluding carboxylic acids is 1. The number of pyridine rings is 1. The number of hydrogen-bond donors (Lipinski definition) is 1. The van der Waals surface area contributed by atoms with Gasteiger partial charge in [0.05, 0.1) is 5.56 Å². The molecule has 2 rings (SSSR count). The van der Waals surface area contributed by atoms with Gasteiger partial charge in [0.2, 0.25) is 0 Å². The Kier molecular flexibility index (Phi) is 3.75. The number of aliphatic hydroxyl groups excluding tert-OH is 1. The van der Waals surface area contributed by atoms with Crippen molar-refractivity contribution in [2.24, 2.45) is 5.92 Å². The van der Waals surface area contributed by atoms with Gasteiger partial charge < -0.3 is 10.0 Å². The molecule has 4 nitrogen and oxygen atoms in total. The van der Waals surface area contributed by atoms with Crippen molar-refractivity contribution in [2.75, 3.05) is 19.7 Å². The van der Waals surface area contributed by atoms with Gasteiger partial charge in [-0.1, -0.05) is 0 Å². The third kappa shape index (κ3) is 2.52. The fourth-order valence-corrected chi connectivity index (χ4v) is 2.37. The van der Waals surface area contributed by atoms with Gasteiger partial charge in [-0.05, 0) is 35.1 Å². The van der Waals surface area contributed by atoms with Crippen molar-refractivity contribution in [3.05, 3.63) is 27.6 Å². The molecule has 2 heterocycles. The van der Waals surface area contributed by atoms with Crippen molar-refractivity contribution in [3.8, 4) is 0 Å². The first kappa shape index (κ1) is 11.8. The average Bonchev–Trinajstić information content (AvgIpc) is 2.76. The summed E-state index contributed by atoms with van der Waals surface area (Å²) in [6.45, 7) is 1.55. The molecule has 0 radical (unpaired) electrons. The lowest BCUT2D eigenvalue weighted by molar-refractivity contribution is 0.0781. The maximum Gasteiger partial charge on any atom is 0.255 e. The molecule has 1 N–H and O–H groups in total. The van der Waals surface area contributed by atoms with Crippen molar-refractivity contribution in [3.63, 3.8) is 0 Å². The highest BCUT2D eigenvalue weighted by molar-refractivity contribution is 14.1. The van der Waals surface area contributed by atoms with Gasteiger partial charge >= 0.3 is 0 Å². The molecule has 0 aromatic carbocycles. The maximum atomic E-state index is 12.1. The lowest BCUT2D eigenvalue weighted by Crippen LogP contribution is -2.29. The minimum Gasteiger partial charge on any atom is -0.396 e. The summed E-state index contributed by atoms with van der Waals surface area (Å²) in [6, 6.07) is 1.84. The molecule has 0 aliphatic carbocycles. The Morgan fingerprint density at radius 1 is 1.62 bits per heavy atom. The largest absolute Gasteiger partial charge is 0.396 e. The van der Waals surface area contributed by atoms with Gasteiger partial charge in [-0.3, -0.25) is 9.78 Å². The first-order chi connectivity index (χ1) is 7.70. The lowest BCUT2D eigenvalue weighted by Gasteiger charge is -2.15. The van der Waals surface area contributed by atoms with Crippen LogP contribution in [0.4, 0.5) is 0 Å². The number of amides is 1. The Balaban J connectivity index is 2.08. The van der Waals surface area contributed by atoms with Crippen molar-refractivity contribution in [1.29, 1.82) is 0 Å². The Hall–Kier alpha value is -0.690. The van der Waals surface area contributed by atoms with Gasteiger partial charge in [0.15, 0.2) is 0 Å². The topological polar surface area (TPSA) is 53.4 Å². The summed E-state index contributed by atoms with van der Waals surface area (Å²) in [5, 5.41) is 9.03. The molecule has 1 aromatic heterocycles. The first-order valence-electron chi connectivity index (χ1n) is 5.21. The monoisotopic (exact) mass is 332 g/mol. The van der Waals surface area contributed by atoms with Crippen molar-refractivity contribution < 1.29 is 9.90 Å². The Morgan fingerprint density at radius 3 is 3.06 bits per heavy atom. The van der Waals surface area contributed by atoms with E-state index >= 15 is 0 Å². The van der Waals surface area contributed by atoms with Crippen LogP contribution in [0.3, 0.4) is 0 Å². The molecule has 86 valence electrons. The zero-order valence-corrected chi connectivity index (χ0v) is 10.9. The smallest absolute Gasteiger partial charge is 0.255 e. The molecule has 16 heavy (non-hydrogen) atoms. The molecule has 1 aliphatic heterocycles. The summed E-state index contributed by atoms with van der Waals surface area (Å²) < 4.78 is 0.960.